The van der Waals surface area contributed by atoms with Gasteiger partial charge >= 0.3 is 0 Å². The molecule has 0 N–H and O–H groups in total. The monoisotopic (exact) mass is 1020 g/mol. The summed E-state index contributed by atoms with van der Waals surface area (Å²) in [5, 5.41) is 0. The van der Waals surface area contributed by atoms with Gasteiger partial charge in [-0.2, -0.15) is 29.9 Å². The summed E-state index contributed by atoms with van der Waals surface area (Å²) in [4.78, 5) is 53.1. The van der Waals surface area contributed by atoms with E-state index < -0.39 is 7.14 Å². The van der Waals surface area contributed by atoms with Gasteiger partial charge in [-0.1, -0.05) is 200 Å². The van der Waals surface area contributed by atoms with Crippen LogP contribution in [-0.4, -0.2) is 44.9 Å². The molecular formula is C63H45N12OP. The normalized spacial score (nSPS) is 11.2. The minimum atomic E-state index is -4.83. The number of nitrogens with zero attached hydrogens (tertiary/aromatic N) is 12. The minimum Gasteiger partial charge on any atom is -0.299 e. The van der Waals surface area contributed by atoms with Crippen molar-refractivity contribution in [1.29, 1.82) is 0 Å². The van der Waals surface area contributed by atoms with Crippen molar-refractivity contribution in [2.45, 2.75) is 0 Å². The van der Waals surface area contributed by atoms with Crippen molar-refractivity contribution in [2.75, 3.05) is 14.7 Å². The SMILES string of the molecule is O=P(c1nc(-c2ccccc2)nc(N(c2ccccc2)c2ccccc2)n1)(c1nc(-c2ccccc2)nc(N(c2ccccc2)c2ccccc2)n1)c1nc(-c2ccccc2)nc(N(c2ccccc2)c2ccccc2)n1. The van der Waals surface area contributed by atoms with E-state index in [2.05, 4.69) is 0 Å². The number of para-hydroxylation sites is 6. The van der Waals surface area contributed by atoms with Crippen LogP contribution in [0.5, 0.6) is 0 Å². The first-order valence-corrected chi connectivity index (χ1v) is 26.5. The molecule has 368 valence electrons. The first-order chi connectivity index (χ1) is 38.1. The molecule has 0 atom stereocenters. The lowest BCUT2D eigenvalue weighted by atomic mass is 10.2. The third kappa shape index (κ3) is 9.93. The Bertz CT molecular complexity index is 3420. The molecule has 3 heterocycles. The Morgan fingerprint density at radius 1 is 0.221 bits per heavy atom. The molecule has 13 nitrogen and oxygen atoms in total. The summed E-state index contributed by atoms with van der Waals surface area (Å²) in [6.45, 7) is 0. The molecule has 0 radical (unpaired) electrons. The second-order valence-corrected chi connectivity index (χ2v) is 19.9. The molecule has 0 aliphatic rings. The van der Waals surface area contributed by atoms with Gasteiger partial charge in [0, 0.05) is 50.8 Å². The highest BCUT2D eigenvalue weighted by Gasteiger charge is 2.44. The zero-order valence-electron chi connectivity index (χ0n) is 41.2. The summed E-state index contributed by atoms with van der Waals surface area (Å²) in [7, 11) is -4.83. The zero-order valence-corrected chi connectivity index (χ0v) is 42.1. The number of hydrogen-bond donors (Lipinski definition) is 0. The fourth-order valence-corrected chi connectivity index (χ4v) is 10.7. The molecule has 77 heavy (non-hydrogen) atoms. The highest BCUT2D eigenvalue weighted by molar-refractivity contribution is 7.84. The average Bonchev–Trinajstić information content (AvgIpc) is 3.60. The predicted octanol–water partition coefficient (Wildman–Crippen LogP) is 13.3. The van der Waals surface area contributed by atoms with E-state index in [-0.39, 0.29) is 52.0 Å². The van der Waals surface area contributed by atoms with Crippen LogP contribution in [0.3, 0.4) is 0 Å². The van der Waals surface area contributed by atoms with Gasteiger partial charge < -0.3 is 0 Å². The van der Waals surface area contributed by atoms with Crippen molar-refractivity contribution in [3.05, 3.63) is 273 Å². The fourth-order valence-electron chi connectivity index (χ4n) is 8.80. The number of rotatable bonds is 15. The van der Waals surface area contributed by atoms with Gasteiger partial charge in [0.25, 0.3) is 7.14 Å². The fraction of sp³-hybridized carbons (Fsp3) is 0. The lowest BCUT2D eigenvalue weighted by molar-refractivity contribution is 0.588. The molecule has 0 aliphatic heterocycles. The second-order valence-electron chi connectivity index (χ2n) is 17.5. The zero-order chi connectivity index (χ0) is 51.8. The van der Waals surface area contributed by atoms with Gasteiger partial charge in [0.15, 0.2) is 17.5 Å². The van der Waals surface area contributed by atoms with Crippen molar-refractivity contribution in [3.63, 3.8) is 0 Å². The van der Waals surface area contributed by atoms with Crippen molar-refractivity contribution in [2.24, 2.45) is 0 Å². The summed E-state index contributed by atoms with van der Waals surface area (Å²) in [5.74, 6) is 1.24. The van der Waals surface area contributed by atoms with Crippen LogP contribution < -0.4 is 31.4 Å². The van der Waals surface area contributed by atoms with Crippen molar-refractivity contribution < 1.29 is 4.57 Å². The van der Waals surface area contributed by atoms with E-state index in [1.807, 2.05) is 288 Å². The molecule has 3 aromatic heterocycles. The minimum absolute atomic E-state index is 0.173. The van der Waals surface area contributed by atoms with Crippen LogP contribution in [0.4, 0.5) is 52.0 Å². The Balaban J connectivity index is 1.22. The number of aromatic nitrogens is 9. The molecule has 0 fully saturated rings. The number of benzene rings is 9. The topological polar surface area (TPSA) is 143 Å². The average molecular weight is 1020 g/mol. The van der Waals surface area contributed by atoms with Gasteiger partial charge in [-0.25, -0.2) is 15.0 Å². The molecule has 14 heteroatoms. The van der Waals surface area contributed by atoms with Gasteiger partial charge in [0.05, 0.1) is 0 Å². The Labute approximate surface area is 445 Å². The van der Waals surface area contributed by atoms with Gasteiger partial charge in [-0.15, -0.1) is 0 Å². The third-order valence-electron chi connectivity index (χ3n) is 12.5. The number of anilines is 9. The largest absolute Gasteiger partial charge is 0.299 e. The van der Waals surface area contributed by atoms with Gasteiger partial charge in [-0.3, -0.25) is 19.3 Å². The molecule has 0 spiro atoms. The van der Waals surface area contributed by atoms with E-state index in [9.17, 15) is 0 Å². The molecule has 12 aromatic rings. The Morgan fingerprint density at radius 2 is 0.403 bits per heavy atom. The third-order valence-corrected chi connectivity index (χ3v) is 14.8. The van der Waals surface area contributed by atoms with E-state index in [1.165, 1.54) is 0 Å². The van der Waals surface area contributed by atoms with Crippen molar-refractivity contribution >= 4 is 75.8 Å². The standard InChI is InChI=1S/C63H45N12OP/c76-77(61-67-55(46-28-10-1-11-29-46)64-58(70-61)73(49-34-16-4-17-35-49)50-36-18-5-19-37-50,62-68-56(47-30-12-2-13-31-47)65-59(71-62)74(51-38-20-6-21-39-51)52-40-22-7-23-41-52)63-69-57(48-32-14-3-15-33-48)66-60(72-63)75(53-42-24-8-25-43-53)54-44-26-9-27-45-54/h1-45H. The Morgan fingerprint density at radius 3 is 0.597 bits per heavy atom. The molecule has 0 saturated heterocycles. The van der Waals surface area contributed by atoms with Crippen LogP contribution in [0.2, 0.25) is 0 Å². The maximum Gasteiger partial charge on any atom is 0.278 e. The summed E-state index contributed by atoms with van der Waals surface area (Å²) in [5.41, 5.74) is 5.87. The second kappa shape index (κ2) is 21.6. The van der Waals surface area contributed by atoms with Crippen LogP contribution >= 0.6 is 7.14 Å². The van der Waals surface area contributed by atoms with Crippen LogP contribution in [-0.2, 0) is 4.57 Å². The summed E-state index contributed by atoms with van der Waals surface area (Å²) < 4.78 is 18.2. The van der Waals surface area contributed by atoms with E-state index in [1.54, 1.807) is 0 Å². The lowest BCUT2D eigenvalue weighted by Gasteiger charge is -2.27. The molecule has 0 bridgehead atoms. The van der Waals surface area contributed by atoms with E-state index in [0.717, 1.165) is 34.1 Å². The van der Waals surface area contributed by atoms with Gasteiger partial charge in [0.2, 0.25) is 34.5 Å². The molecule has 12 rings (SSSR count). The molecule has 0 amide bonds. The Kier molecular flexibility index (Phi) is 13.4. The summed E-state index contributed by atoms with van der Waals surface area (Å²) in [6.07, 6.45) is 0. The predicted molar refractivity (Wildman–Crippen MR) is 306 cm³/mol. The van der Waals surface area contributed by atoms with E-state index in [0.29, 0.717) is 16.7 Å². The lowest BCUT2D eigenvalue weighted by Crippen LogP contribution is -2.38. The highest BCUT2D eigenvalue weighted by Crippen LogP contribution is 2.44. The van der Waals surface area contributed by atoms with E-state index in [4.69, 9.17) is 44.9 Å². The molecular weight excluding hydrogens is 972 g/mol. The van der Waals surface area contributed by atoms with Crippen LogP contribution in [0.25, 0.3) is 34.2 Å². The van der Waals surface area contributed by atoms with Crippen molar-refractivity contribution in [3.8, 4) is 34.2 Å². The van der Waals surface area contributed by atoms with Gasteiger partial charge in [0.1, 0.15) is 0 Å². The smallest absolute Gasteiger partial charge is 0.278 e. The Hall–Kier alpha value is -10.4. The molecule has 0 aliphatic carbocycles. The highest BCUT2D eigenvalue weighted by atomic mass is 31.2. The summed E-state index contributed by atoms with van der Waals surface area (Å²) >= 11 is 0. The number of hydrogen-bond acceptors (Lipinski definition) is 13. The molecule has 9 aromatic carbocycles. The maximum atomic E-state index is 18.2. The van der Waals surface area contributed by atoms with Gasteiger partial charge in [-0.05, 0) is 72.8 Å². The summed E-state index contributed by atoms with van der Waals surface area (Å²) in [6, 6.07) is 87.3. The van der Waals surface area contributed by atoms with Crippen LogP contribution in [0, 0.1) is 0 Å². The molecule has 0 saturated carbocycles. The quantitative estimate of drug-likeness (QED) is 0.0900. The molecule has 0 unspecified atom stereocenters. The first kappa shape index (κ1) is 47.6. The van der Waals surface area contributed by atoms with E-state index >= 15 is 4.57 Å². The van der Waals surface area contributed by atoms with Crippen LogP contribution in [0.1, 0.15) is 0 Å². The maximum absolute atomic E-state index is 18.2. The van der Waals surface area contributed by atoms with Crippen molar-refractivity contribution in [1.82, 2.24) is 44.9 Å². The van der Waals surface area contributed by atoms with Crippen LogP contribution in [0.15, 0.2) is 273 Å². The first-order valence-electron chi connectivity index (χ1n) is 24.8.